The van der Waals surface area contributed by atoms with E-state index >= 15 is 0 Å². The van der Waals surface area contributed by atoms with Gasteiger partial charge >= 0.3 is 0 Å². The summed E-state index contributed by atoms with van der Waals surface area (Å²) in [6.45, 7) is 1.29. The van der Waals surface area contributed by atoms with Gasteiger partial charge in [0.2, 0.25) is 11.8 Å². The van der Waals surface area contributed by atoms with Gasteiger partial charge in [-0.05, 0) is 18.6 Å². The van der Waals surface area contributed by atoms with E-state index in [4.69, 9.17) is 10.5 Å². The quantitative estimate of drug-likeness (QED) is 0.682. The van der Waals surface area contributed by atoms with E-state index in [1.807, 2.05) is 12.1 Å². The topological polar surface area (TPSA) is 113 Å². The number of nitrogens with two attached hydrogens (primary N) is 1. The van der Waals surface area contributed by atoms with E-state index in [2.05, 4.69) is 15.3 Å². The maximum atomic E-state index is 12.6. The van der Waals surface area contributed by atoms with Gasteiger partial charge in [-0.2, -0.15) is 0 Å². The highest BCUT2D eigenvalue weighted by molar-refractivity contribution is 5.89. The fourth-order valence-electron chi connectivity index (χ4n) is 3.35. The molecule has 2 aromatic heterocycles. The van der Waals surface area contributed by atoms with Crippen molar-refractivity contribution in [2.24, 2.45) is 11.7 Å². The summed E-state index contributed by atoms with van der Waals surface area (Å²) in [4.78, 5) is 33.5. The van der Waals surface area contributed by atoms with E-state index in [0.717, 1.165) is 16.6 Å². The Hall–Kier alpha value is -2.45. The summed E-state index contributed by atoms with van der Waals surface area (Å²) in [5, 5.41) is 3.90. The minimum absolute atomic E-state index is 0.0987. The fraction of sp³-hybridized carbons (Fsp3) is 0.471. The molecule has 0 aromatic carbocycles. The highest BCUT2D eigenvalue weighted by atomic mass is 16.5. The zero-order valence-electron chi connectivity index (χ0n) is 14.2. The average Bonchev–Trinajstić information content (AvgIpc) is 3.23. The number of aromatic nitrogens is 2. The van der Waals surface area contributed by atoms with Crippen molar-refractivity contribution in [3.63, 3.8) is 0 Å². The van der Waals surface area contributed by atoms with Crippen LogP contribution >= 0.6 is 0 Å². The second kappa shape index (κ2) is 7.62. The van der Waals surface area contributed by atoms with Crippen LogP contribution in [0.5, 0.6) is 0 Å². The molecule has 1 aliphatic rings. The van der Waals surface area contributed by atoms with Crippen LogP contribution in [0.3, 0.4) is 0 Å². The molecule has 3 rings (SSSR count). The Morgan fingerprint density at radius 1 is 1.52 bits per heavy atom. The third kappa shape index (κ3) is 3.80. The van der Waals surface area contributed by atoms with Crippen molar-refractivity contribution in [3.8, 4) is 0 Å². The molecule has 1 saturated heterocycles. The molecule has 0 saturated carbocycles. The molecule has 25 heavy (non-hydrogen) atoms. The number of nitrogens with one attached hydrogen (secondary N) is 2. The Balaban J connectivity index is 1.64. The lowest BCUT2D eigenvalue weighted by Crippen LogP contribution is -2.47. The first-order valence-corrected chi connectivity index (χ1v) is 8.30. The van der Waals surface area contributed by atoms with Crippen molar-refractivity contribution in [3.05, 3.63) is 30.2 Å². The number of H-pyrrole nitrogens is 1. The van der Waals surface area contributed by atoms with Gasteiger partial charge in [0.15, 0.2) is 0 Å². The monoisotopic (exact) mass is 345 g/mol. The zero-order chi connectivity index (χ0) is 17.8. The largest absolute Gasteiger partial charge is 0.384 e. The molecule has 0 radical (unpaired) electrons. The van der Waals surface area contributed by atoms with Crippen LogP contribution in [0, 0.1) is 5.92 Å². The third-order valence-electron chi connectivity index (χ3n) is 4.52. The average molecular weight is 345 g/mol. The zero-order valence-corrected chi connectivity index (χ0v) is 14.2. The van der Waals surface area contributed by atoms with Gasteiger partial charge in [-0.1, -0.05) is 0 Å². The molecule has 2 atom stereocenters. The minimum atomic E-state index is -0.498. The first-order chi connectivity index (χ1) is 12.1. The second-order valence-corrected chi connectivity index (χ2v) is 6.30. The normalized spacial score (nSPS) is 20.2. The predicted molar refractivity (Wildman–Crippen MR) is 92.5 cm³/mol. The number of rotatable bonds is 6. The van der Waals surface area contributed by atoms with Crippen LogP contribution < -0.4 is 11.1 Å². The van der Waals surface area contributed by atoms with Gasteiger partial charge in [0.25, 0.3) is 0 Å². The predicted octanol–water partition coefficient (Wildman–Crippen LogP) is 0.00130. The summed E-state index contributed by atoms with van der Waals surface area (Å²) >= 11 is 0. The molecule has 3 heterocycles. The van der Waals surface area contributed by atoms with Crippen LogP contribution in [-0.4, -0.2) is 59.5 Å². The lowest BCUT2D eigenvalue weighted by Gasteiger charge is -2.23. The number of hydrogen-bond donors (Lipinski definition) is 3. The van der Waals surface area contributed by atoms with Crippen molar-refractivity contribution in [2.75, 3.05) is 26.8 Å². The molecule has 8 nitrogen and oxygen atoms in total. The summed E-state index contributed by atoms with van der Waals surface area (Å²) < 4.78 is 5.17. The van der Waals surface area contributed by atoms with Crippen molar-refractivity contribution >= 4 is 22.7 Å². The smallest absolute Gasteiger partial charge is 0.243 e. The number of nitrogens with zero attached hydrogens (tertiary/aromatic N) is 2. The minimum Gasteiger partial charge on any atom is -0.384 e. The number of methoxy groups -OCH3 is 1. The van der Waals surface area contributed by atoms with Gasteiger partial charge in [-0.25, -0.2) is 0 Å². The molecule has 0 bridgehead atoms. The van der Waals surface area contributed by atoms with Gasteiger partial charge in [0.05, 0.1) is 19.7 Å². The number of likely N-dealkylation sites (tertiary alicyclic amines) is 1. The third-order valence-corrected chi connectivity index (χ3v) is 4.52. The standard InChI is InChI=1S/C17H23N5O3/c1-25-10-11-4-15(22(9-11)16(23)6-18)17(24)20-8-13-5-12-7-19-3-2-14(12)21-13/h2-3,5,7,11,15,21H,4,6,8-10,18H2,1H3,(H,20,24). The van der Waals surface area contributed by atoms with E-state index in [9.17, 15) is 9.59 Å². The van der Waals surface area contributed by atoms with E-state index in [1.165, 1.54) is 0 Å². The SMILES string of the molecule is COCC1CC(C(=O)NCc2cc3cnccc3[nH]2)N(C(=O)CN)C1. The van der Waals surface area contributed by atoms with Crippen LogP contribution in [0.15, 0.2) is 24.5 Å². The fourth-order valence-corrected chi connectivity index (χ4v) is 3.35. The lowest BCUT2D eigenvalue weighted by molar-refractivity contribution is -0.137. The van der Waals surface area contributed by atoms with Gasteiger partial charge in [-0.3, -0.25) is 14.6 Å². The number of fused-ring (bicyclic) bond motifs is 1. The van der Waals surface area contributed by atoms with E-state index in [1.54, 1.807) is 24.4 Å². The number of hydrogen-bond acceptors (Lipinski definition) is 5. The van der Waals surface area contributed by atoms with E-state index in [0.29, 0.717) is 26.1 Å². The Morgan fingerprint density at radius 3 is 3.08 bits per heavy atom. The van der Waals surface area contributed by atoms with Crippen molar-refractivity contribution < 1.29 is 14.3 Å². The molecule has 2 aromatic rings. The molecule has 4 N–H and O–H groups in total. The number of amides is 2. The van der Waals surface area contributed by atoms with Gasteiger partial charge in [0, 0.05) is 48.6 Å². The van der Waals surface area contributed by atoms with Gasteiger partial charge in [-0.15, -0.1) is 0 Å². The Morgan fingerprint density at radius 2 is 2.36 bits per heavy atom. The highest BCUT2D eigenvalue weighted by Gasteiger charge is 2.38. The lowest BCUT2D eigenvalue weighted by atomic mass is 10.1. The van der Waals surface area contributed by atoms with Crippen molar-refractivity contribution in [1.29, 1.82) is 0 Å². The second-order valence-electron chi connectivity index (χ2n) is 6.30. The molecular formula is C17H23N5O3. The number of aromatic amines is 1. The molecule has 1 fully saturated rings. The molecule has 134 valence electrons. The summed E-state index contributed by atoms with van der Waals surface area (Å²) in [7, 11) is 1.62. The van der Waals surface area contributed by atoms with Crippen LogP contribution in [-0.2, 0) is 20.9 Å². The van der Waals surface area contributed by atoms with Crippen LogP contribution in [0.25, 0.3) is 10.9 Å². The molecule has 0 spiro atoms. The molecule has 0 aliphatic carbocycles. The Bertz CT molecular complexity index is 727. The summed E-state index contributed by atoms with van der Waals surface area (Å²) in [6.07, 6.45) is 4.07. The van der Waals surface area contributed by atoms with Crippen molar-refractivity contribution in [2.45, 2.75) is 19.0 Å². The first-order valence-electron chi connectivity index (χ1n) is 8.30. The molecular weight excluding hydrogens is 322 g/mol. The maximum Gasteiger partial charge on any atom is 0.243 e. The van der Waals surface area contributed by atoms with E-state index < -0.39 is 6.04 Å². The maximum absolute atomic E-state index is 12.6. The molecule has 8 heteroatoms. The number of ether oxygens (including phenoxy) is 1. The Labute approximate surface area is 145 Å². The van der Waals surface area contributed by atoms with Crippen LogP contribution in [0.4, 0.5) is 0 Å². The first kappa shape index (κ1) is 17.4. The summed E-state index contributed by atoms with van der Waals surface area (Å²) in [6, 6.07) is 3.34. The van der Waals surface area contributed by atoms with Crippen LogP contribution in [0.1, 0.15) is 12.1 Å². The molecule has 1 aliphatic heterocycles. The van der Waals surface area contributed by atoms with Crippen LogP contribution in [0.2, 0.25) is 0 Å². The van der Waals surface area contributed by atoms with Gasteiger partial charge in [0.1, 0.15) is 6.04 Å². The molecule has 2 amide bonds. The summed E-state index contributed by atoms with van der Waals surface area (Å²) in [5.74, 6) is -0.233. The highest BCUT2D eigenvalue weighted by Crippen LogP contribution is 2.24. The number of carbonyl (C=O) groups is 2. The van der Waals surface area contributed by atoms with Gasteiger partial charge < -0.3 is 25.7 Å². The summed E-state index contributed by atoms with van der Waals surface area (Å²) in [5.41, 5.74) is 7.34. The number of carbonyl (C=O) groups excluding carboxylic acids is 2. The molecule has 2 unspecified atom stereocenters. The number of pyridine rings is 1. The van der Waals surface area contributed by atoms with Crippen molar-refractivity contribution in [1.82, 2.24) is 20.2 Å². The Kier molecular flexibility index (Phi) is 5.30. The van der Waals surface area contributed by atoms with E-state index in [-0.39, 0.29) is 24.3 Å².